The van der Waals surface area contributed by atoms with E-state index in [0.29, 0.717) is 6.54 Å². The summed E-state index contributed by atoms with van der Waals surface area (Å²) in [6, 6.07) is 11.1. The monoisotopic (exact) mass is 411 g/mol. The standard InChI is InChI=1S/C19H23F2N3O3S/c1-14(19(25)22-11-12-23(2)15-7-5-4-6-8-15)24(28(3,26)27)16-9-10-17(20)18(21)13-16/h4-10,13-14H,11-12H2,1-3H3,(H,22,25). The van der Waals surface area contributed by atoms with Crippen LogP contribution in [0.2, 0.25) is 0 Å². The molecule has 1 unspecified atom stereocenters. The molecule has 28 heavy (non-hydrogen) atoms. The van der Waals surface area contributed by atoms with Gasteiger partial charge in [-0.15, -0.1) is 0 Å². The molecule has 2 rings (SSSR count). The minimum absolute atomic E-state index is 0.120. The topological polar surface area (TPSA) is 69.7 Å². The smallest absolute Gasteiger partial charge is 0.243 e. The van der Waals surface area contributed by atoms with Gasteiger partial charge in [-0.05, 0) is 31.2 Å². The van der Waals surface area contributed by atoms with E-state index in [4.69, 9.17) is 0 Å². The molecule has 2 aromatic carbocycles. The highest BCUT2D eigenvalue weighted by molar-refractivity contribution is 7.92. The zero-order chi connectivity index (χ0) is 20.9. The van der Waals surface area contributed by atoms with Crippen molar-refractivity contribution >= 4 is 27.3 Å². The number of hydrogen-bond acceptors (Lipinski definition) is 4. The lowest BCUT2D eigenvalue weighted by Gasteiger charge is -2.28. The van der Waals surface area contributed by atoms with Crippen LogP contribution in [0.4, 0.5) is 20.2 Å². The van der Waals surface area contributed by atoms with E-state index in [2.05, 4.69) is 5.32 Å². The summed E-state index contributed by atoms with van der Waals surface area (Å²) in [7, 11) is -2.03. The van der Waals surface area contributed by atoms with Gasteiger partial charge in [-0.2, -0.15) is 0 Å². The van der Waals surface area contributed by atoms with Crippen LogP contribution in [0.5, 0.6) is 0 Å². The van der Waals surface area contributed by atoms with Crippen LogP contribution in [0, 0.1) is 11.6 Å². The number of sulfonamides is 1. The average molecular weight is 411 g/mol. The number of hydrogen-bond donors (Lipinski definition) is 1. The zero-order valence-corrected chi connectivity index (χ0v) is 16.7. The summed E-state index contributed by atoms with van der Waals surface area (Å²) in [5.74, 6) is -2.84. The van der Waals surface area contributed by atoms with Crippen molar-refractivity contribution in [3.05, 3.63) is 60.2 Å². The van der Waals surface area contributed by atoms with Crippen molar-refractivity contribution in [2.45, 2.75) is 13.0 Å². The molecule has 0 bridgehead atoms. The quantitative estimate of drug-likeness (QED) is 0.724. The highest BCUT2D eigenvalue weighted by Gasteiger charge is 2.29. The fourth-order valence-electron chi connectivity index (χ4n) is 2.74. The van der Waals surface area contributed by atoms with Crippen LogP contribution < -0.4 is 14.5 Å². The Kier molecular flexibility index (Phi) is 6.95. The summed E-state index contributed by atoms with van der Waals surface area (Å²) in [6.07, 6.45) is 0.904. The molecule has 9 heteroatoms. The van der Waals surface area contributed by atoms with Crippen molar-refractivity contribution in [1.29, 1.82) is 0 Å². The van der Waals surface area contributed by atoms with Crippen LogP contribution in [0.15, 0.2) is 48.5 Å². The first-order chi connectivity index (χ1) is 13.1. The molecule has 1 N–H and O–H groups in total. The lowest BCUT2D eigenvalue weighted by molar-refractivity contribution is -0.121. The molecular weight excluding hydrogens is 388 g/mol. The molecule has 0 aliphatic rings. The predicted molar refractivity (Wildman–Crippen MR) is 106 cm³/mol. The van der Waals surface area contributed by atoms with E-state index in [1.165, 1.54) is 6.92 Å². The highest BCUT2D eigenvalue weighted by Crippen LogP contribution is 2.23. The molecule has 0 aliphatic heterocycles. The van der Waals surface area contributed by atoms with Crippen LogP contribution in [0.3, 0.4) is 0 Å². The largest absolute Gasteiger partial charge is 0.373 e. The van der Waals surface area contributed by atoms with Crippen molar-refractivity contribution in [3.63, 3.8) is 0 Å². The van der Waals surface area contributed by atoms with Crippen LogP contribution in [0.1, 0.15) is 6.92 Å². The molecule has 6 nitrogen and oxygen atoms in total. The second-order valence-corrected chi connectivity index (χ2v) is 8.24. The molecule has 1 amide bonds. The fraction of sp³-hybridized carbons (Fsp3) is 0.316. The number of likely N-dealkylation sites (N-methyl/N-ethyl adjacent to an activating group) is 1. The van der Waals surface area contributed by atoms with Gasteiger partial charge in [0.1, 0.15) is 6.04 Å². The Hall–Kier alpha value is -2.68. The Labute approximate surface area is 163 Å². The minimum Gasteiger partial charge on any atom is -0.373 e. The fourth-order valence-corrected chi connectivity index (χ4v) is 3.90. The van der Waals surface area contributed by atoms with Crippen molar-refractivity contribution in [2.24, 2.45) is 0 Å². The van der Waals surface area contributed by atoms with Gasteiger partial charge >= 0.3 is 0 Å². The molecule has 0 radical (unpaired) electrons. The number of para-hydroxylation sites is 1. The summed E-state index contributed by atoms with van der Waals surface area (Å²) in [4.78, 5) is 14.4. The van der Waals surface area contributed by atoms with Crippen molar-refractivity contribution in [3.8, 4) is 0 Å². The van der Waals surface area contributed by atoms with E-state index in [9.17, 15) is 22.0 Å². The molecule has 0 spiro atoms. The molecule has 0 saturated carbocycles. The molecule has 0 aliphatic carbocycles. The summed E-state index contributed by atoms with van der Waals surface area (Å²) in [5.41, 5.74) is 0.856. The number of anilines is 2. The SMILES string of the molecule is CC(C(=O)NCCN(C)c1ccccc1)N(c1ccc(F)c(F)c1)S(C)(=O)=O. The average Bonchev–Trinajstić information content (AvgIpc) is 2.64. The molecule has 0 saturated heterocycles. The Balaban J connectivity index is 2.06. The van der Waals surface area contributed by atoms with Crippen LogP contribution >= 0.6 is 0 Å². The molecule has 2 aromatic rings. The van der Waals surface area contributed by atoms with Crippen molar-refractivity contribution in [1.82, 2.24) is 5.32 Å². The Morgan fingerprint density at radius 1 is 1.07 bits per heavy atom. The first kappa shape index (κ1) is 21.6. The van der Waals surface area contributed by atoms with Gasteiger partial charge in [0, 0.05) is 31.9 Å². The molecule has 1 atom stereocenters. The number of carbonyl (C=O) groups is 1. The molecular formula is C19H23F2N3O3S. The summed E-state index contributed by atoms with van der Waals surface area (Å²) < 4.78 is 51.8. The zero-order valence-electron chi connectivity index (χ0n) is 15.9. The number of nitrogens with one attached hydrogen (secondary N) is 1. The Morgan fingerprint density at radius 3 is 2.29 bits per heavy atom. The number of rotatable bonds is 8. The minimum atomic E-state index is -3.90. The summed E-state index contributed by atoms with van der Waals surface area (Å²) in [5, 5.41) is 2.68. The molecule has 0 fully saturated rings. The van der Waals surface area contributed by atoms with Crippen molar-refractivity contribution in [2.75, 3.05) is 35.6 Å². The van der Waals surface area contributed by atoms with Gasteiger partial charge in [-0.25, -0.2) is 17.2 Å². The molecule has 0 heterocycles. The molecule has 0 aromatic heterocycles. The first-order valence-corrected chi connectivity index (χ1v) is 10.4. The summed E-state index contributed by atoms with van der Waals surface area (Å²) >= 11 is 0. The van der Waals surface area contributed by atoms with E-state index >= 15 is 0 Å². The number of carbonyl (C=O) groups excluding carboxylic acids is 1. The third-order valence-corrected chi connectivity index (χ3v) is 5.43. The number of benzene rings is 2. The van der Waals surface area contributed by atoms with E-state index in [1.807, 2.05) is 42.3 Å². The van der Waals surface area contributed by atoms with E-state index in [1.54, 1.807) is 0 Å². The van der Waals surface area contributed by atoms with Crippen LogP contribution in [0.25, 0.3) is 0 Å². The van der Waals surface area contributed by atoms with Gasteiger partial charge in [-0.3, -0.25) is 9.10 Å². The van der Waals surface area contributed by atoms with Crippen LogP contribution in [-0.2, 0) is 14.8 Å². The third-order valence-electron chi connectivity index (χ3n) is 4.19. The second-order valence-electron chi connectivity index (χ2n) is 6.38. The van der Waals surface area contributed by atoms with Gasteiger partial charge in [0.05, 0.1) is 11.9 Å². The van der Waals surface area contributed by atoms with Gasteiger partial charge in [0.15, 0.2) is 11.6 Å². The van der Waals surface area contributed by atoms with Gasteiger partial charge in [0.25, 0.3) is 0 Å². The lowest BCUT2D eigenvalue weighted by Crippen LogP contribution is -2.49. The lowest BCUT2D eigenvalue weighted by atomic mass is 10.2. The van der Waals surface area contributed by atoms with Gasteiger partial charge in [-0.1, -0.05) is 18.2 Å². The number of amides is 1. The van der Waals surface area contributed by atoms with E-state index in [0.717, 1.165) is 34.4 Å². The maximum atomic E-state index is 13.5. The Morgan fingerprint density at radius 2 is 1.71 bits per heavy atom. The van der Waals surface area contributed by atoms with Gasteiger partial charge < -0.3 is 10.2 Å². The number of halogens is 2. The van der Waals surface area contributed by atoms with E-state index in [-0.39, 0.29) is 12.2 Å². The van der Waals surface area contributed by atoms with Crippen LogP contribution in [-0.4, -0.2) is 46.8 Å². The summed E-state index contributed by atoms with van der Waals surface area (Å²) in [6.45, 7) is 2.18. The third kappa shape index (κ3) is 5.41. The molecule has 152 valence electrons. The maximum absolute atomic E-state index is 13.5. The predicted octanol–water partition coefficient (Wildman–Crippen LogP) is 2.37. The second kappa shape index (κ2) is 9.01. The Bertz CT molecular complexity index is 923. The maximum Gasteiger partial charge on any atom is 0.243 e. The first-order valence-electron chi connectivity index (χ1n) is 8.59. The van der Waals surface area contributed by atoms with E-state index < -0.39 is 33.6 Å². The van der Waals surface area contributed by atoms with Crippen molar-refractivity contribution < 1.29 is 22.0 Å². The normalized spacial score (nSPS) is 12.3. The number of nitrogens with zero attached hydrogens (tertiary/aromatic N) is 2. The highest BCUT2D eigenvalue weighted by atomic mass is 32.2. The van der Waals surface area contributed by atoms with Gasteiger partial charge in [0.2, 0.25) is 15.9 Å².